The predicted molar refractivity (Wildman–Crippen MR) is 103 cm³/mol. The van der Waals surface area contributed by atoms with Crippen molar-refractivity contribution in [2.24, 2.45) is 5.16 Å². The van der Waals surface area contributed by atoms with Crippen LogP contribution in [0.2, 0.25) is 0 Å². The summed E-state index contributed by atoms with van der Waals surface area (Å²) < 4.78 is 12.3. The van der Waals surface area contributed by atoms with Crippen molar-refractivity contribution in [1.82, 2.24) is 9.38 Å². The molecule has 0 radical (unpaired) electrons. The zero-order valence-electron chi connectivity index (χ0n) is 15.5. The number of hydrogen-bond donors (Lipinski definition) is 0. The second-order valence-electron chi connectivity index (χ2n) is 5.87. The Kier molecular flexibility index (Phi) is 5.71. The lowest BCUT2D eigenvalue weighted by atomic mass is 10.2. The molecule has 0 aliphatic carbocycles. The van der Waals surface area contributed by atoms with Gasteiger partial charge >= 0.3 is 0 Å². The monoisotopic (exact) mass is 367 g/mol. The highest BCUT2D eigenvalue weighted by Crippen LogP contribution is 2.27. The summed E-state index contributed by atoms with van der Waals surface area (Å²) in [6.07, 6.45) is 3.28. The van der Waals surface area contributed by atoms with Crippen molar-refractivity contribution in [1.29, 1.82) is 0 Å². The van der Waals surface area contributed by atoms with Gasteiger partial charge < -0.3 is 14.3 Å². The average molecular weight is 367 g/mol. The van der Waals surface area contributed by atoms with Crippen LogP contribution >= 0.6 is 0 Å². The van der Waals surface area contributed by atoms with E-state index in [1.54, 1.807) is 25.6 Å². The molecule has 27 heavy (non-hydrogen) atoms. The Bertz CT molecular complexity index is 1030. The van der Waals surface area contributed by atoms with Gasteiger partial charge in [0.1, 0.15) is 5.65 Å². The molecule has 0 amide bonds. The molecule has 0 fully saturated rings. The third kappa shape index (κ3) is 4.44. The number of aryl methyl sites for hydroxylation is 1. The Balaban J connectivity index is 1.69. The van der Waals surface area contributed by atoms with Gasteiger partial charge in [-0.15, -0.1) is 0 Å². The van der Waals surface area contributed by atoms with Crippen molar-refractivity contribution in [2.75, 3.05) is 13.7 Å². The van der Waals surface area contributed by atoms with E-state index in [1.165, 1.54) is 10.5 Å². The van der Waals surface area contributed by atoms with Gasteiger partial charge in [0.05, 0.1) is 25.6 Å². The van der Waals surface area contributed by atoms with Crippen molar-refractivity contribution in [3.8, 4) is 11.5 Å². The van der Waals surface area contributed by atoms with E-state index in [2.05, 4.69) is 10.1 Å². The zero-order chi connectivity index (χ0) is 19.2. The van der Waals surface area contributed by atoms with Crippen LogP contribution in [0.15, 0.2) is 52.5 Å². The highest BCUT2D eigenvalue weighted by Gasteiger charge is 2.05. The highest BCUT2D eigenvalue weighted by molar-refractivity contribution is 5.80. The summed E-state index contributed by atoms with van der Waals surface area (Å²) in [5.41, 5.74) is 2.78. The number of aromatic nitrogens is 2. The Morgan fingerprint density at radius 1 is 1.19 bits per heavy atom. The molecule has 2 aromatic heterocycles. The lowest BCUT2D eigenvalue weighted by molar-refractivity contribution is 0.129. The molecule has 7 heteroatoms. The number of benzene rings is 1. The number of hydrogen-bond acceptors (Lipinski definition) is 6. The van der Waals surface area contributed by atoms with Crippen LogP contribution < -0.4 is 15.0 Å². The van der Waals surface area contributed by atoms with Crippen molar-refractivity contribution >= 4 is 11.9 Å². The standard InChI is InChI=1S/C20H21N3O4/c1-4-26-17-6-5-15(10-18(17)25-3)12-21-27-13-16-11-20(24)23-8-7-14(2)9-19(23)22-16/h5-12H,4,13H2,1-3H3/b21-12+. The first-order chi connectivity index (χ1) is 13.1. The van der Waals surface area contributed by atoms with Gasteiger partial charge in [-0.05, 0) is 49.7 Å². The Labute approximate surface area is 156 Å². The number of ether oxygens (including phenoxy) is 2. The summed E-state index contributed by atoms with van der Waals surface area (Å²) in [6, 6.07) is 10.6. The highest BCUT2D eigenvalue weighted by atomic mass is 16.6. The minimum absolute atomic E-state index is 0.102. The van der Waals surface area contributed by atoms with Crippen LogP contribution in [0.5, 0.6) is 11.5 Å². The van der Waals surface area contributed by atoms with Gasteiger partial charge in [-0.1, -0.05) is 5.16 Å². The number of rotatable bonds is 7. The number of methoxy groups -OCH3 is 1. The van der Waals surface area contributed by atoms with Crippen molar-refractivity contribution in [3.63, 3.8) is 0 Å². The third-order valence-electron chi connectivity index (χ3n) is 3.85. The minimum Gasteiger partial charge on any atom is -0.493 e. The Hall–Kier alpha value is -3.35. The van der Waals surface area contributed by atoms with Gasteiger partial charge in [0.25, 0.3) is 5.56 Å². The molecule has 0 atom stereocenters. The fourth-order valence-corrected chi connectivity index (χ4v) is 2.57. The minimum atomic E-state index is -0.154. The maximum atomic E-state index is 12.1. The van der Waals surface area contributed by atoms with Gasteiger partial charge in [0, 0.05) is 17.8 Å². The summed E-state index contributed by atoms with van der Waals surface area (Å²) in [4.78, 5) is 21.8. The zero-order valence-corrected chi connectivity index (χ0v) is 15.5. The summed E-state index contributed by atoms with van der Waals surface area (Å²) in [5.74, 6) is 1.30. The number of oxime groups is 1. The molecular formula is C20H21N3O4. The third-order valence-corrected chi connectivity index (χ3v) is 3.85. The first kappa shape index (κ1) is 18.4. The van der Waals surface area contributed by atoms with Crippen molar-refractivity contribution < 1.29 is 14.3 Å². The topological polar surface area (TPSA) is 74.4 Å². The second kappa shape index (κ2) is 8.35. The molecule has 0 spiro atoms. The summed E-state index contributed by atoms with van der Waals surface area (Å²) in [6.45, 7) is 4.52. The summed E-state index contributed by atoms with van der Waals surface area (Å²) in [7, 11) is 1.58. The second-order valence-corrected chi connectivity index (χ2v) is 5.87. The fraction of sp³-hybridized carbons (Fsp3) is 0.250. The van der Waals surface area contributed by atoms with Crippen molar-refractivity contribution in [3.05, 3.63) is 69.8 Å². The van der Waals surface area contributed by atoms with E-state index in [-0.39, 0.29) is 12.2 Å². The van der Waals surface area contributed by atoms with E-state index in [4.69, 9.17) is 14.3 Å². The SMILES string of the molecule is CCOc1ccc(/C=N/OCc2cc(=O)n3ccc(C)cc3n2)cc1OC. The quantitative estimate of drug-likeness (QED) is 0.474. The molecule has 0 aliphatic rings. The van der Waals surface area contributed by atoms with E-state index in [0.717, 1.165) is 11.1 Å². The maximum absolute atomic E-state index is 12.1. The van der Waals surface area contributed by atoms with Crippen LogP contribution in [-0.2, 0) is 11.4 Å². The number of pyridine rings is 1. The van der Waals surface area contributed by atoms with Crippen LogP contribution in [0.25, 0.3) is 5.65 Å². The first-order valence-corrected chi connectivity index (χ1v) is 8.56. The van der Waals surface area contributed by atoms with Crippen molar-refractivity contribution in [2.45, 2.75) is 20.5 Å². The maximum Gasteiger partial charge on any atom is 0.258 e. The molecule has 0 saturated carbocycles. The van der Waals surface area contributed by atoms with Crippen LogP contribution in [0.4, 0.5) is 0 Å². The van der Waals surface area contributed by atoms with E-state index >= 15 is 0 Å². The molecule has 7 nitrogen and oxygen atoms in total. The molecule has 0 unspecified atom stereocenters. The van der Waals surface area contributed by atoms with Crippen LogP contribution in [0.3, 0.4) is 0 Å². The Morgan fingerprint density at radius 3 is 2.81 bits per heavy atom. The molecule has 0 aliphatic heterocycles. The Morgan fingerprint density at radius 2 is 2.04 bits per heavy atom. The van der Waals surface area contributed by atoms with Gasteiger partial charge in [-0.25, -0.2) is 4.98 Å². The van der Waals surface area contributed by atoms with E-state index in [1.807, 2.05) is 38.1 Å². The molecule has 140 valence electrons. The fourth-order valence-electron chi connectivity index (χ4n) is 2.57. The van der Waals surface area contributed by atoms with Gasteiger partial charge in [-0.2, -0.15) is 0 Å². The molecule has 0 bridgehead atoms. The molecule has 3 rings (SSSR count). The first-order valence-electron chi connectivity index (χ1n) is 8.56. The smallest absolute Gasteiger partial charge is 0.258 e. The van der Waals surface area contributed by atoms with Gasteiger partial charge in [0.15, 0.2) is 18.1 Å². The molecule has 2 heterocycles. The van der Waals surface area contributed by atoms with E-state index in [9.17, 15) is 4.79 Å². The molecule has 0 saturated heterocycles. The van der Waals surface area contributed by atoms with Crippen LogP contribution in [-0.4, -0.2) is 29.3 Å². The van der Waals surface area contributed by atoms with E-state index in [0.29, 0.717) is 29.4 Å². The van der Waals surface area contributed by atoms with Crippen LogP contribution in [0.1, 0.15) is 23.7 Å². The van der Waals surface area contributed by atoms with E-state index < -0.39 is 0 Å². The lowest BCUT2D eigenvalue weighted by Crippen LogP contribution is -2.15. The largest absolute Gasteiger partial charge is 0.493 e. The molecular weight excluding hydrogens is 346 g/mol. The average Bonchev–Trinajstić information content (AvgIpc) is 2.66. The number of fused-ring (bicyclic) bond motifs is 1. The molecule has 1 aromatic carbocycles. The normalized spacial score (nSPS) is 11.1. The van der Waals surface area contributed by atoms with Crippen LogP contribution in [0, 0.1) is 6.92 Å². The predicted octanol–water partition coefficient (Wildman–Crippen LogP) is 2.96. The van der Waals surface area contributed by atoms with Gasteiger partial charge in [0.2, 0.25) is 0 Å². The van der Waals surface area contributed by atoms with Gasteiger partial charge in [-0.3, -0.25) is 9.20 Å². The summed E-state index contributed by atoms with van der Waals surface area (Å²) >= 11 is 0. The molecule has 3 aromatic rings. The number of nitrogens with zero attached hydrogens (tertiary/aromatic N) is 3. The summed E-state index contributed by atoms with van der Waals surface area (Å²) in [5, 5.41) is 3.95. The lowest BCUT2D eigenvalue weighted by Gasteiger charge is -2.09. The molecule has 0 N–H and O–H groups in total.